The fraction of sp³-hybridized carbons (Fsp3) is 0.188. The van der Waals surface area contributed by atoms with Crippen molar-refractivity contribution in [2.45, 2.75) is 5.92 Å². The largest absolute Gasteiger partial charge is 0.348 e. The van der Waals surface area contributed by atoms with Crippen molar-refractivity contribution in [2.24, 2.45) is 0 Å². The molecule has 6 heteroatoms. The van der Waals surface area contributed by atoms with Gasteiger partial charge in [0.1, 0.15) is 0 Å². The van der Waals surface area contributed by atoms with E-state index >= 15 is 0 Å². The van der Waals surface area contributed by atoms with Gasteiger partial charge in [-0.2, -0.15) is 0 Å². The number of halogens is 4. The molecule has 0 radical (unpaired) electrons. The van der Waals surface area contributed by atoms with E-state index in [4.69, 9.17) is 0 Å². The fourth-order valence-corrected chi connectivity index (χ4v) is 2.03. The summed E-state index contributed by atoms with van der Waals surface area (Å²) in [5.41, 5.74) is 2.06. The Morgan fingerprint density at radius 2 is 1.05 bits per heavy atom. The molecule has 2 nitrogen and oxygen atoms in total. The minimum Gasteiger partial charge on any atom is -0.348 e. The molecule has 0 aromatic heterocycles. The number of hydrogen-bond donors (Lipinski definition) is 0. The maximum absolute atomic E-state index is 12.4. The summed E-state index contributed by atoms with van der Waals surface area (Å²) >= 11 is 0. The normalized spacial score (nSPS) is 8.50. The Morgan fingerprint density at radius 3 is 1.32 bits per heavy atom. The molecule has 0 spiro atoms. The second kappa shape index (κ2) is 12.6. The van der Waals surface area contributed by atoms with Crippen molar-refractivity contribution in [1.82, 2.24) is 4.90 Å². The quantitative estimate of drug-likeness (QED) is 0.757. The van der Waals surface area contributed by atoms with Crippen molar-refractivity contribution in [2.75, 3.05) is 14.1 Å². The summed E-state index contributed by atoms with van der Waals surface area (Å²) in [5, 5.41) is 0. The third kappa shape index (κ3) is 6.45. The van der Waals surface area contributed by atoms with Crippen LogP contribution in [0, 0.1) is 0 Å². The predicted molar refractivity (Wildman–Crippen MR) is 102 cm³/mol. The van der Waals surface area contributed by atoms with Gasteiger partial charge < -0.3 is 4.90 Å². The molecule has 0 aliphatic heterocycles. The van der Waals surface area contributed by atoms with Crippen molar-refractivity contribution in [3.8, 4) is 0 Å². The molecular formula is C16H21Cl4NO. The highest BCUT2D eigenvalue weighted by molar-refractivity contribution is 5.87. The highest BCUT2D eigenvalue weighted by Gasteiger charge is 2.23. The molecule has 0 heterocycles. The van der Waals surface area contributed by atoms with Crippen LogP contribution < -0.4 is 0 Å². The van der Waals surface area contributed by atoms with Gasteiger partial charge in [0, 0.05) is 14.1 Å². The summed E-state index contributed by atoms with van der Waals surface area (Å²) in [7, 11) is 3.59. The van der Waals surface area contributed by atoms with E-state index < -0.39 is 0 Å². The molecule has 22 heavy (non-hydrogen) atoms. The lowest BCUT2D eigenvalue weighted by molar-refractivity contribution is -0.129. The number of benzene rings is 2. The Hall–Kier alpha value is -0.930. The van der Waals surface area contributed by atoms with E-state index in [2.05, 4.69) is 0 Å². The van der Waals surface area contributed by atoms with E-state index in [-0.39, 0.29) is 61.5 Å². The predicted octanol–water partition coefficient (Wildman–Crippen LogP) is 4.59. The Bertz CT molecular complexity index is 481. The van der Waals surface area contributed by atoms with Gasteiger partial charge in [-0.15, -0.1) is 49.6 Å². The van der Waals surface area contributed by atoms with Crippen LogP contribution in [0.3, 0.4) is 0 Å². The molecule has 0 atom stereocenters. The first-order chi connectivity index (χ1) is 8.70. The molecule has 0 unspecified atom stereocenters. The van der Waals surface area contributed by atoms with Crippen LogP contribution in [0.2, 0.25) is 0 Å². The summed E-state index contributed by atoms with van der Waals surface area (Å²) < 4.78 is 0. The smallest absolute Gasteiger partial charge is 0.234 e. The average molecular weight is 385 g/mol. The van der Waals surface area contributed by atoms with Crippen molar-refractivity contribution in [1.29, 1.82) is 0 Å². The van der Waals surface area contributed by atoms with E-state index in [0.717, 1.165) is 11.1 Å². The molecule has 0 aliphatic rings. The van der Waals surface area contributed by atoms with Crippen LogP contribution in [-0.4, -0.2) is 24.9 Å². The maximum Gasteiger partial charge on any atom is 0.234 e. The lowest BCUT2D eigenvalue weighted by atomic mass is 9.90. The maximum atomic E-state index is 12.4. The molecule has 0 bridgehead atoms. The summed E-state index contributed by atoms with van der Waals surface area (Å²) in [5.74, 6) is -0.116. The van der Waals surface area contributed by atoms with E-state index in [9.17, 15) is 4.79 Å². The molecule has 2 aromatic rings. The van der Waals surface area contributed by atoms with Crippen molar-refractivity contribution < 1.29 is 4.79 Å². The first-order valence-corrected chi connectivity index (χ1v) is 6.01. The van der Waals surface area contributed by atoms with Gasteiger partial charge in [-0.1, -0.05) is 60.7 Å². The molecule has 124 valence electrons. The van der Waals surface area contributed by atoms with Crippen LogP contribution in [0.4, 0.5) is 0 Å². The lowest BCUT2D eigenvalue weighted by Crippen LogP contribution is -2.28. The number of likely N-dealkylation sites (N-methyl/N-ethyl adjacent to an activating group) is 1. The van der Waals surface area contributed by atoms with Crippen molar-refractivity contribution in [3.05, 3.63) is 71.8 Å². The van der Waals surface area contributed by atoms with Crippen LogP contribution in [0.1, 0.15) is 17.0 Å². The average Bonchev–Trinajstić information content (AvgIpc) is 2.41. The first kappa shape index (κ1) is 26.0. The highest BCUT2D eigenvalue weighted by Crippen LogP contribution is 2.25. The SMILES string of the molecule is CN(C)C(=O)C(c1ccccc1)c1ccccc1.Cl.Cl.Cl.Cl. The third-order valence-corrected chi connectivity index (χ3v) is 2.95. The Labute approximate surface area is 156 Å². The Balaban J connectivity index is -0.000000902. The second-order valence-corrected chi connectivity index (χ2v) is 4.49. The van der Waals surface area contributed by atoms with E-state index in [1.807, 2.05) is 60.7 Å². The zero-order valence-electron chi connectivity index (χ0n) is 12.3. The number of rotatable bonds is 3. The van der Waals surface area contributed by atoms with Gasteiger partial charge in [-0.3, -0.25) is 4.79 Å². The molecule has 0 saturated heterocycles. The fourth-order valence-electron chi connectivity index (χ4n) is 2.03. The summed E-state index contributed by atoms with van der Waals surface area (Å²) in [6.07, 6.45) is 0. The van der Waals surface area contributed by atoms with Gasteiger partial charge in [0.25, 0.3) is 0 Å². The highest BCUT2D eigenvalue weighted by atomic mass is 35.5. The summed E-state index contributed by atoms with van der Waals surface area (Å²) in [6.45, 7) is 0. The molecule has 1 amide bonds. The van der Waals surface area contributed by atoms with Crippen LogP contribution >= 0.6 is 49.6 Å². The zero-order chi connectivity index (χ0) is 13.0. The molecule has 0 aliphatic carbocycles. The Kier molecular flexibility index (Phi) is 14.9. The Morgan fingerprint density at radius 1 is 0.727 bits per heavy atom. The summed E-state index contributed by atoms with van der Waals surface area (Å²) in [6, 6.07) is 19.8. The monoisotopic (exact) mass is 383 g/mol. The van der Waals surface area contributed by atoms with Crippen LogP contribution in [-0.2, 0) is 4.79 Å². The number of nitrogens with zero attached hydrogens (tertiary/aromatic N) is 1. The minimum absolute atomic E-state index is 0. The molecule has 0 fully saturated rings. The molecule has 2 aromatic carbocycles. The van der Waals surface area contributed by atoms with Gasteiger partial charge in [-0.25, -0.2) is 0 Å². The number of carbonyl (C=O) groups is 1. The third-order valence-electron chi connectivity index (χ3n) is 2.95. The van der Waals surface area contributed by atoms with Crippen LogP contribution in [0.15, 0.2) is 60.7 Å². The first-order valence-electron chi connectivity index (χ1n) is 6.01. The van der Waals surface area contributed by atoms with Gasteiger partial charge in [0.2, 0.25) is 5.91 Å². The van der Waals surface area contributed by atoms with Gasteiger partial charge in [0.05, 0.1) is 5.92 Å². The van der Waals surface area contributed by atoms with Crippen LogP contribution in [0.5, 0.6) is 0 Å². The van der Waals surface area contributed by atoms with E-state index in [1.54, 1.807) is 19.0 Å². The van der Waals surface area contributed by atoms with Gasteiger partial charge >= 0.3 is 0 Å². The summed E-state index contributed by atoms with van der Waals surface area (Å²) in [4.78, 5) is 14.0. The number of amides is 1. The standard InChI is InChI=1S/C16H17NO.4ClH/c1-17(2)16(18)15(13-9-5-3-6-10-13)14-11-7-4-8-12-14;;;;/h3-12,15H,1-2H3;4*1H. The van der Waals surface area contributed by atoms with Gasteiger partial charge in [0.15, 0.2) is 0 Å². The van der Waals surface area contributed by atoms with Crippen molar-refractivity contribution >= 4 is 55.5 Å². The van der Waals surface area contributed by atoms with Crippen molar-refractivity contribution in [3.63, 3.8) is 0 Å². The van der Waals surface area contributed by atoms with Gasteiger partial charge in [-0.05, 0) is 11.1 Å². The van der Waals surface area contributed by atoms with Crippen LogP contribution in [0.25, 0.3) is 0 Å². The second-order valence-electron chi connectivity index (χ2n) is 4.49. The molecule has 0 N–H and O–H groups in total. The molecule has 2 rings (SSSR count). The van der Waals surface area contributed by atoms with E-state index in [0.29, 0.717) is 0 Å². The molecule has 0 saturated carbocycles. The zero-order valence-corrected chi connectivity index (χ0v) is 15.6. The molecular weight excluding hydrogens is 364 g/mol. The topological polar surface area (TPSA) is 20.3 Å². The lowest BCUT2D eigenvalue weighted by Gasteiger charge is -2.21. The number of carbonyl (C=O) groups excluding carboxylic acids is 1. The minimum atomic E-state index is -0.220. The van der Waals surface area contributed by atoms with E-state index in [1.165, 1.54) is 0 Å². The number of hydrogen-bond acceptors (Lipinski definition) is 1.